The highest BCUT2D eigenvalue weighted by atomic mass is 14.3. The monoisotopic (exact) mass is 422 g/mol. The fourth-order valence-electron chi connectivity index (χ4n) is 5.44. The highest BCUT2D eigenvalue weighted by Crippen LogP contribution is 2.50. The predicted molar refractivity (Wildman–Crippen MR) is 141 cm³/mol. The van der Waals surface area contributed by atoms with Gasteiger partial charge in [0.1, 0.15) is 0 Å². The fourth-order valence-corrected chi connectivity index (χ4v) is 5.44. The minimum absolute atomic E-state index is 1.04. The Morgan fingerprint density at radius 1 is 0.576 bits per heavy atom. The molecule has 0 heterocycles. The van der Waals surface area contributed by atoms with Crippen molar-refractivity contribution in [3.05, 3.63) is 148 Å². The molecule has 4 aromatic carbocycles. The van der Waals surface area contributed by atoms with Crippen molar-refractivity contribution >= 4 is 16.7 Å². The van der Waals surface area contributed by atoms with Gasteiger partial charge in [0.15, 0.2) is 0 Å². The average Bonchev–Trinajstić information content (AvgIpc) is 3.37. The van der Waals surface area contributed by atoms with Crippen molar-refractivity contribution in [1.82, 2.24) is 0 Å². The summed E-state index contributed by atoms with van der Waals surface area (Å²) >= 11 is 0. The van der Waals surface area contributed by atoms with Crippen molar-refractivity contribution < 1.29 is 0 Å². The molecule has 4 aromatic rings. The molecule has 2 aliphatic rings. The summed E-state index contributed by atoms with van der Waals surface area (Å²) in [5.74, 6) is 0. The second-order valence-corrected chi connectivity index (χ2v) is 9.12. The minimum atomic E-state index is 1.04. The van der Waals surface area contributed by atoms with Gasteiger partial charge in [-0.25, -0.2) is 0 Å². The van der Waals surface area contributed by atoms with Crippen LogP contribution in [0.3, 0.4) is 0 Å². The Morgan fingerprint density at radius 3 is 1.76 bits per heavy atom. The zero-order valence-corrected chi connectivity index (χ0v) is 19.1. The summed E-state index contributed by atoms with van der Waals surface area (Å²) in [6.07, 6.45) is 3.37. The van der Waals surface area contributed by atoms with Crippen molar-refractivity contribution in [2.75, 3.05) is 0 Å². The van der Waals surface area contributed by atoms with Crippen molar-refractivity contribution in [2.45, 2.75) is 20.3 Å². The maximum atomic E-state index is 2.43. The number of hydrogen-bond donors (Lipinski definition) is 0. The average molecular weight is 423 g/mol. The van der Waals surface area contributed by atoms with Gasteiger partial charge in [-0.2, -0.15) is 0 Å². The number of hydrogen-bond acceptors (Lipinski definition) is 0. The van der Waals surface area contributed by atoms with Gasteiger partial charge in [-0.1, -0.05) is 109 Å². The van der Waals surface area contributed by atoms with E-state index in [9.17, 15) is 0 Å². The molecule has 0 radical (unpaired) electrons. The summed E-state index contributed by atoms with van der Waals surface area (Å²) in [6.45, 7) is 4.47. The second-order valence-electron chi connectivity index (χ2n) is 9.12. The van der Waals surface area contributed by atoms with Crippen LogP contribution in [0.15, 0.2) is 120 Å². The van der Waals surface area contributed by atoms with Crippen LogP contribution < -0.4 is 0 Å². The van der Waals surface area contributed by atoms with Crippen LogP contribution in [-0.2, 0) is 0 Å². The summed E-state index contributed by atoms with van der Waals surface area (Å²) in [5, 5.41) is 0. The summed E-state index contributed by atoms with van der Waals surface area (Å²) in [5.41, 5.74) is 16.1. The molecule has 33 heavy (non-hydrogen) atoms. The zero-order chi connectivity index (χ0) is 22.4. The highest BCUT2D eigenvalue weighted by molar-refractivity contribution is 6.13. The number of rotatable bonds is 3. The van der Waals surface area contributed by atoms with Crippen LogP contribution in [0.2, 0.25) is 0 Å². The normalized spacial score (nSPS) is 14.2. The van der Waals surface area contributed by atoms with Crippen molar-refractivity contribution in [1.29, 1.82) is 0 Å². The Hall–Kier alpha value is -3.90. The molecule has 0 spiro atoms. The molecule has 0 fully saturated rings. The molecular weight excluding hydrogens is 396 g/mol. The van der Waals surface area contributed by atoms with Gasteiger partial charge in [-0.05, 0) is 87.6 Å². The Kier molecular flexibility index (Phi) is 4.73. The lowest BCUT2D eigenvalue weighted by molar-refractivity contribution is 1.26. The lowest BCUT2D eigenvalue weighted by Crippen LogP contribution is -1.95. The molecule has 0 saturated carbocycles. The minimum Gasteiger partial charge on any atom is -0.0686 e. The van der Waals surface area contributed by atoms with Gasteiger partial charge in [0.2, 0.25) is 0 Å². The van der Waals surface area contributed by atoms with E-state index < -0.39 is 0 Å². The number of allylic oxidation sites excluding steroid dienone is 4. The van der Waals surface area contributed by atoms with Gasteiger partial charge in [-0.3, -0.25) is 0 Å². The molecule has 6 rings (SSSR count). The van der Waals surface area contributed by atoms with Crippen LogP contribution in [0.5, 0.6) is 0 Å². The Balaban J connectivity index is 1.68. The summed E-state index contributed by atoms with van der Waals surface area (Å²) in [7, 11) is 0. The quantitative estimate of drug-likeness (QED) is 0.272. The molecule has 0 N–H and O–H groups in total. The fraction of sp³-hybridized carbons (Fsp3) is 0.0909. The standard InChI is InChI=1S/C33H26/c1-22-19-23(2)30(20-22)26-17-18-28-27-15-9-10-16-29(27)33(31(28)21-26)32(24-11-5-3-6-12-24)25-13-7-4-8-14-25/h3-19,21H,20H2,1-2H3. The first kappa shape index (κ1) is 19.8. The molecular formula is C33H26. The van der Waals surface area contributed by atoms with E-state index in [1.807, 2.05) is 0 Å². The first-order chi connectivity index (χ1) is 16.2. The van der Waals surface area contributed by atoms with Crippen LogP contribution in [0.4, 0.5) is 0 Å². The van der Waals surface area contributed by atoms with Crippen molar-refractivity contribution in [2.24, 2.45) is 0 Å². The SMILES string of the molecule is CC1=CC(C)=C(c2ccc3c(c2)C(=C(c2ccccc2)c2ccccc2)c2ccccc2-3)C1. The summed E-state index contributed by atoms with van der Waals surface area (Å²) in [6, 6.07) is 37.6. The van der Waals surface area contributed by atoms with E-state index in [1.54, 1.807) is 0 Å². The largest absolute Gasteiger partial charge is 0.0686 e. The van der Waals surface area contributed by atoms with Crippen LogP contribution >= 0.6 is 0 Å². The van der Waals surface area contributed by atoms with Crippen molar-refractivity contribution in [3.63, 3.8) is 0 Å². The van der Waals surface area contributed by atoms with Crippen molar-refractivity contribution in [3.8, 4) is 11.1 Å². The molecule has 158 valence electrons. The summed E-state index contributed by atoms with van der Waals surface area (Å²) in [4.78, 5) is 0. The van der Waals surface area contributed by atoms with Crippen LogP contribution in [0.25, 0.3) is 27.8 Å². The molecule has 0 unspecified atom stereocenters. The lowest BCUT2D eigenvalue weighted by Gasteiger charge is -2.16. The smallest absolute Gasteiger partial charge is 0.00141 e. The van der Waals surface area contributed by atoms with E-state index in [4.69, 9.17) is 0 Å². The van der Waals surface area contributed by atoms with E-state index in [-0.39, 0.29) is 0 Å². The molecule has 0 atom stereocenters. The zero-order valence-electron chi connectivity index (χ0n) is 19.1. The maximum Gasteiger partial charge on any atom is -0.00141 e. The third-order valence-electron chi connectivity index (χ3n) is 6.89. The highest BCUT2D eigenvalue weighted by Gasteiger charge is 2.28. The molecule has 0 nitrogen and oxygen atoms in total. The molecule has 0 aromatic heterocycles. The Labute approximate surface area is 196 Å². The van der Waals surface area contributed by atoms with E-state index >= 15 is 0 Å². The second kappa shape index (κ2) is 7.90. The number of fused-ring (bicyclic) bond motifs is 3. The topological polar surface area (TPSA) is 0 Å². The third kappa shape index (κ3) is 3.31. The van der Waals surface area contributed by atoms with E-state index in [0.29, 0.717) is 0 Å². The van der Waals surface area contributed by atoms with E-state index in [2.05, 4.69) is 123 Å². The molecule has 0 heteroatoms. The molecule has 2 aliphatic carbocycles. The molecule has 0 saturated heterocycles. The van der Waals surface area contributed by atoms with Gasteiger partial charge >= 0.3 is 0 Å². The summed E-state index contributed by atoms with van der Waals surface area (Å²) < 4.78 is 0. The lowest BCUT2D eigenvalue weighted by atomic mass is 9.87. The molecule has 0 aliphatic heterocycles. The Bertz CT molecular complexity index is 1420. The Morgan fingerprint density at radius 2 is 1.15 bits per heavy atom. The van der Waals surface area contributed by atoms with Gasteiger partial charge < -0.3 is 0 Å². The third-order valence-corrected chi connectivity index (χ3v) is 6.89. The molecule has 0 amide bonds. The van der Waals surface area contributed by atoms with E-state index in [1.165, 1.54) is 66.8 Å². The van der Waals surface area contributed by atoms with Crippen LogP contribution in [0, 0.1) is 0 Å². The van der Waals surface area contributed by atoms with E-state index in [0.717, 1.165) is 6.42 Å². The predicted octanol–water partition coefficient (Wildman–Crippen LogP) is 8.80. The van der Waals surface area contributed by atoms with Gasteiger partial charge in [-0.15, -0.1) is 0 Å². The maximum absolute atomic E-state index is 2.43. The first-order valence-corrected chi connectivity index (χ1v) is 11.7. The van der Waals surface area contributed by atoms with Crippen LogP contribution in [-0.4, -0.2) is 0 Å². The number of benzene rings is 4. The van der Waals surface area contributed by atoms with Gasteiger partial charge in [0, 0.05) is 0 Å². The molecule has 0 bridgehead atoms. The van der Waals surface area contributed by atoms with Gasteiger partial charge in [0.25, 0.3) is 0 Å². The van der Waals surface area contributed by atoms with Gasteiger partial charge in [0.05, 0.1) is 0 Å². The first-order valence-electron chi connectivity index (χ1n) is 11.7. The van der Waals surface area contributed by atoms with Crippen LogP contribution in [0.1, 0.15) is 48.1 Å².